The molecule has 0 fully saturated rings. The van der Waals surface area contributed by atoms with E-state index in [0.29, 0.717) is 5.56 Å². The second kappa shape index (κ2) is 7.68. The van der Waals surface area contributed by atoms with Gasteiger partial charge in [-0.05, 0) is 49.2 Å². The van der Waals surface area contributed by atoms with Crippen LogP contribution < -0.4 is 0 Å². The molecule has 39 heavy (non-hydrogen) atoms. The number of ketones is 3. The minimum atomic E-state index is -2.37. The second-order valence-electron chi connectivity index (χ2n) is 9.80. The van der Waals surface area contributed by atoms with Crippen LogP contribution in [0.4, 0.5) is 0 Å². The van der Waals surface area contributed by atoms with Crippen LogP contribution >= 0.6 is 0 Å². The van der Waals surface area contributed by atoms with E-state index in [-0.39, 0.29) is 38.9 Å². The third-order valence-corrected chi connectivity index (χ3v) is 7.50. The normalized spacial score (nSPS) is 17.4. The van der Waals surface area contributed by atoms with E-state index in [1.165, 1.54) is 49.4 Å². The van der Waals surface area contributed by atoms with Crippen molar-refractivity contribution in [2.75, 3.05) is 0 Å². The molecule has 9 heteroatoms. The number of aryl methyl sites for hydroxylation is 2. The minimum absolute atomic E-state index is 0.107. The summed E-state index contributed by atoms with van der Waals surface area (Å²) in [7, 11) is 0. The maximum atomic E-state index is 13.6. The maximum absolute atomic E-state index is 13.6. The lowest BCUT2D eigenvalue weighted by Crippen LogP contribution is -2.37. The molecule has 2 aliphatic rings. The number of rotatable bonds is 1. The molecule has 0 saturated heterocycles. The Morgan fingerprint density at radius 1 is 0.564 bits per heavy atom. The van der Waals surface area contributed by atoms with E-state index >= 15 is 0 Å². The van der Waals surface area contributed by atoms with Gasteiger partial charge in [0.25, 0.3) is 0 Å². The van der Waals surface area contributed by atoms with Gasteiger partial charge in [0.1, 0.15) is 34.3 Å². The first-order valence-electron chi connectivity index (χ1n) is 11.8. The number of carbonyl (C=O) groups excluding carboxylic acids is 3. The zero-order chi connectivity index (χ0) is 28.1. The summed E-state index contributed by atoms with van der Waals surface area (Å²) in [5.74, 6) is -5.35. The first kappa shape index (κ1) is 24.2. The molecular weight excluding hydrogens is 504 g/mol. The van der Waals surface area contributed by atoms with Gasteiger partial charge in [-0.3, -0.25) is 14.4 Å². The summed E-state index contributed by atoms with van der Waals surface area (Å²) >= 11 is 0. The van der Waals surface area contributed by atoms with E-state index in [4.69, 9.17) is 0 Å². The number of hydrogen-bond donors (Lipinski definition) is 6. The molecule has 1 atom stereocenters. The number of fused-ring (bicyclic) bond motifs is 4. The molecule has 0 radical (unpaired) electrons. The van der Waals surface area contributed by atoms with Crippen molar-refractivity contribution in [3.05, 3.63) is 110 Å². The van der Waals surface area contributed by atoms with Crippen molar-refractivity contribution in [1.82, 2.24) is 0 Å². The summed E-state index contributed by atoms with van der Waals surface area (Å²) in [6, 6.07) is 10.2. The summed E-state index contributed by atoms with van der Waals surface area (Å²) in [4.78, 5) is 40.4. The first-order chi connectivity index (χ1) is 18.4. The van der Waals surface area contributed by atoms with Crippen molar-refractivity contribution in [2.45, 2.75) is 19.4 Å². The van der Waals surface area contributed by atoms with E-state index in [1.54, 1.807) is 6.92 Å². The van der Waals surface area contributed by atoms with Crippen LogP contribution in [-0.4, -0.2) is 48.0 Å². The Labute approximate surface area is 220 Å². The van der Waals surface area contributed by atoms with E-state index in [2.05, 4.69) is 0 Å². The number of aliphatic hydroxyl groups is 1. The Balaban J connectivity index is 1.70. The SMILES string of the molecule is Cc1cc(O)c2c(c1)[C@](O)(c1ccc3c(c1O)C(=O)c1c(O)cc(C)c(O)c1C3=O)c1cccc(O)c1C2=O. The van der Waals surface area contributed by atoms with Crippen molar-refractivity contribution in [2.24, 2.45) is 0 Å². The van der Waals surface area contributed by atoms with Gasteiger partial charge >= 0.3 is 0 Å². The number of aromatic hydroxyl groups is 5. The Hall–Kier alpha value is -5.15. The third kappa shape index (κ3) is 2.90. The lowest BCUT2D eigenvalue weighted by atomic mass is 9.68. The van der Waals surface area contributed by atoms with Gasteiger partial charge in [0.2, 0.25) is 11.6 Å². The highest BCUT2D eigenvalue weighted by atomic mass is 16.3. The highest BCUT2D eigenvalue weighted by Gasteiger charge is 2.49. The second-order valence-corrected chi connectivity index (χ2v) is 9.80. The van der Waals surface area contributed by atoms with Crippen LogP contribution in [0.1, 0.15) is 75.6 Å². The average molecular weight is 524 g/mol. The van der Waals surface area contributed by atoms with Crippen LogP contribution in [0.3, 0.4) is 0 Å². The molecule has 6 rings (SSSR count). The van der Waals surface area contributed by atoms with Crippen molar-refractivity contribution < 1.29 is 45.0 Å². The van der Waals surface area contributed by atoms with E-state index in [1.807, 2.05) is 0 Å². The van der Waals surface area contributed by atoms with Gasteiger partial charge in [0.05, 0.1) is 27.8 Å². The summed E-state index contributed by atoms with van der Waals surface area (Å²) in [5, 5.41) is 66.2. The monoisotopic (exact) mass is 524 g/mol. The molecule has 4 aromatic carbocycles. The molecular formula is C30H20O9. The number of phenolic OH excluding ortho intramolecular Hbond substituents is 5. The highest BCUT2D eigenvalue weighted by Crippen LogP contribution is 2.53. The van der Waals surface area contributed by atoms with Crippen molar-refractivity contribution in [1.29, 1.82) is 0 Å². The van der Waals surface area contributed by atoms with Gasteiger partial charge in [-0.15, -0.1) is 0 Å². The molecule has 9 nitrogen and oxygen atoms in total. The van der Waals surface area contributed by atoms with Crippen LogP contribution in [-0.2, 0) is 5.60 Å². The molecule has 0 aromatic heterocycles. The summed E-state index contributed by atoms with van der Waals surface area (Å²) in [6.45, 7) is 3.07. The number of hydrogen-bond acceptors (Lipinski definition) is 9. The fraction of sp³-hybridized carbons (Fsp3) is 0.100. The fourth-order valence-electron chi connectivity index (χ4n) is 5.73. The topological polar surface area (TPSA) is 173 Å². The van der Waals surface area contributed by atoms with Crippen molar-refractivity contribution in [3.63, 3.8) is 0 Å². The van der Waals surface area contributed by atoms with Crippen LogP contribution in [0.2, 0.25) is 0 Å². The Bertz CT molecular complexity index is 1850. The zero-order valence-electron chi connectivity index (χ0n) is 20.5. The van der Waals surface area contributed by atoms with Gasteiger partial charge in [0, 0.05) is 22.3 Å². The van der Waals surface area contributed by atoms with Crippen LogP contribution in [0.25, 0.3) is 0 Å². The molecule has 0 aliphatic heterocycles. The van der Waals surface area contributed by atoms with Crippen LogP contribution in [0.5, 0.6) is 28.7 Å². The number of carbonyl (C=O) groups is 3. The Kier molecular flexibility index (Phi) is 4.77. The molecule has 0 unspecified atom stereocenters. The quantitative estimate of drug-likeness (QED) is 0.180. The predicted molar refractivity (Wildman–Crippen MR) is 136 cm³/mol. The molecule has 194 valence electrons. The smallest absolute Gasteiger partial charge is 0.202 e. The molecule has 2 aliphatic carbocycles. The van der Waals surface area contributed by atoms with Crippen LogP contribution in [0.15, 0.2) is 48.5 Å². The van der Waals surface area contributed by atoms with Gasteiger partial charge in [-0.25, -0.2) is 0 Å². The van der Waals surface area contributed by atoms with Gasteiger partial charge < -0.3 is 30.6 Å². The minimum Gasteiger partial charge on any atom is -0.507 e. The molecule has 0 bridgehead atoms. The molecule has 0 spiro atoms. The molecule has 0 amide bonds. The zero-order valence-corrected chi connectivity index (χ0v) is 20.5. The molecule has 4 aromatic rings. The van der Waals surface area contributed by atoms with E-state index < -0.39 is 68.4 Å². The average Bonchev–Trinajstić information content (AvgIpc) is 2.87. The summed E-state index contributed by atoms with van der Waals surface area (Å²) < 4.78 is 0. The Morgan fingerprint density at radius 2 is 1.21 bits per heavy atom. The summed E-state index contributed by atoms with van der Waals surface area (Å²) in [6.07, 6.45) is 0. The molecule has 0 saturated carbocycles. The number of benzene rings is 4. The first-order valence-corrected chi connectivity index (χ1v) is 11.8. The van der Waals surface area contributed by atoms with E-state index in [0.717, 1.165) is 6.07 Å². The van der Waals surface area contributed by atoms with Gasteiger partial charge in [-0.1, -0.05) is 24.3 Å². The standard InChI is InChI=1S/C30H20O9/c1-11-8-16-22(18(32)9-11)29(38)21-14(4-3-5-17(21)31)30(16,39)15-7-6-13-20(27(15)36)28(37)23-19(33)10-12(2)25(34)24(23)26(13)35/h3-10,31-34,36,39H,1-2H3/t30-/m1/s1. The largest absolute Gasteiger partial charge is 0.507 e. The fourth-order valence-corrected chi connectivity index (χ4v) is 5.73. The molecule has 0 heterocycles. The number of phenols is 5. The lowest BCUT2D eigenvalue weighted by molar-refractivity contribution is 0.0924. The Morgan fingerprint density at radius 3 is 1.92 bits per heavy atom. The van der Waals surface area contributed by atoms with Gasteiger partial charge in [-0.2, -0.15) is 0 Å². The highest BCUT2D eigenvalue weighted by molar-refractivity contribution is 6.31. The summed E-state index contributed by atoms with van der Waals surface area (Å²) in [5.41, 5.74) is -4.59. The lowest BCUT2D eigenvalue weighted by Gasteiger charge is -2.38. The van der Waals surface area contributed by atoms with Crippen molar-refractivity contribution >= 4 is 17.3 Å². The third-order valence-electron chi connectivity index (χ3n) is 7.50. The maximum Gasteiger partial charge on any atom is 0.202 e. The van der Waals surface area contributed by atoms with Crippen molar-refractivity contribution in [3.8, 4) is 28.7 Å². The predicted octanol–water partition coefficient (Wildman–Crippen LogP) is 3.44. The van der Waals surface area contributed by atoms with E-state index in [9.17, 15) is 45.0 Å². The van der Waals surface area contributed by atoms with Crippen LogP contribution in [0, 0.1) is 13.8 Å². The van der Waals surface area contributed by atoms with Gasteiger partial charge in [0.15, 0.2) is 5.78 Å². The molecule has 6 N–H and O–H groups in total.